The number of nitrogens with zero attached hydrogens (tertiary/aromatic N) is 1. The minimum atomic E-state index is -0.702. The Morgan fingerprint density at radius 2 is 1.81 bits per heavy atom. The van der Waals surface area contributed by atoms with Crippen molar-refractivity contribution in [2.75, 3.05) is 24.7 Å². The molecule has 27 heavy (non-hydrogen) atoms. The van der Waals surface area contributed by atoms with Crippen molar-refractivity contribution < 1.29 is 17.9 Å². The van der Waals surface area contributed by atoms with Crippen LogP contribution in [0.25, 0.3) is 0 Å². The molecule has 1 aliphatic rings. The number of aromatic hydroxyl groups is 1. The average Bonchev–Trinajstić information content (AvgIpc) is 2.66. The number of para-hydroxylation sites is 1. The van der Waals surface area contributed by atoms with Crippen LogP contribution in [-0.4, -0.2) is 47.3 Å². The molecule has 1 amide bonds. The summed E-state index contributed by atoms with van der Waals surface area (Å²) in [4.78, 5) is 37.4. The number of phenols is 1. The molecule has 8 nitrogen and oxygen atoms in total. The summed E-state index contributed by atoms with van der Waals surface area (Å²) in [6.07, 6.45) is 2.63. The first-order chi connectivity index (χ1) is 12.8. The highest BCUT2D eigenvalue weighted by Gasteiger charge is 2.29. The van der Waals surface area contributed by atoms with E-state index < -0.39 is 17.0 Å². The number of phenolic OH excluding ortho intramolecular Hbond substituents is 1. The summed E-state index contributed by atoms with van der Waals surface area (Å²) in [6, 6.07) is 4.26. The minimum Gasteiger partial charge on any atom is -0.505 e. The van der Waals surface area contributed by atoms with Gasteiger partial charge >= 0.3 is 0 Å². The molecule has 8 heteroatoms. The van der Waals surface area contributed by atoms with Gasteiger partial charge in [-0.15, -0.1) is 0 Å². The summed E-state index contributed by atoms with van der Waals surface area (Å²) in [6.45, 7) is 0. The molecule has 0 bridgehead atoms. The number of carbonyl (C=O) groups excluding carboxylic acids is 1. The van der Waals surface area contributed by atoms with Gasteiger partial charge in [0.2, 0.25) is 0 Å². The number of amides is 1. The lowest BCUT2D eigenvalue weighted by atomic mass is 9.92. The predicted molar refractivity (Wildman–Crippen MR) is 107 cm³/mol. The highest BCUT2D eigenvalue weighted by molar-refractivity contribution is 5.99. The van der Waals surface area contributed by atoms with Crippen molar-refractivity contribution in [1.29, 1.82) is 0 Å². The van der Waals surface area contributed by atoms with E-state index >= 15 is 0 Å². The van der Waals surface area contributed by atoms with Crippen LogP contribution in [0, 0.1) is 0 Å². The van der Waals surface area contributed by atoms with Gasteiger partial charge in [0.05, 0.1) is 23.4 Å². The summed E-state index contributed by atoms with van der Waals surface area (Å²) >= 11 is 0. The fourth-order valence-electron chi connectivity index (χ4n) is 3.31. The van der Waals surface area contributed by atoms with E-state index in [0.717, 1.165) is 12.8 Å². The molecule has 1 aliphatic carbocycles. The van der Waals surface area contributed by atoms with Crippen LogP contribution >= 0.6 is 0 Å². The normalized spacial score (nSPS) is 19.7. The molecule has 2 atom stereocenters. The molecule has 0 heterocycles. The molecule has 0 saturated heterocycles. The van der Waals surface area contributed by atoms with Crippen molar-refractivity contribution in [2.45, 2.75) is 37.8 Å². The molecule has 0 aliphatic heterocycles. The third kappa shape index (κ3) is 3.52. The smallest absolute Gasteiger partial charge is 0.257 e. The van der Waals surface area contributed by atoms with Crippen molar-refractivity contribution in [3.8, 4) is 5.75 Å². The Morgan fingerprint density at radius 3 is 2.48 bits per heavy atom. The Morgan fingerprint density at radius 1 is 1.15 bits per heavy atom. The van der Waals surface area contributed by atoms with Gasteiger partial charge in [0.25, 0.3) is 16.8 Å². The Kier molecular flexibility index (Phi) is 5.18. The summed E-state index contributed by atoms with van der Waals surface area (Å²) in [7, 11) is 3.13. The largest absolute Gasteiger partial charge is 0.505 e. The van der Waals surface area contributed by atoms with Gasteiger partial charge in [-0.05, 0) is 25.0 Å². The summed E-state index contributed by atoms with van der Waals surface area (Å²) in [5.41, 5.74) is -0.984. The summed E-state index contributed by atoms with van der Waals surface area (Å²) in [5.74, 6) is -0.683. The molecular formula is C19H27N3O5. The Hall–Kier alpha value is -2.87. The monoisotopic (exact) mass is 377 g/mol. The number of aliphatic hydroxyl groups is 1. The molecule has 4 N–H and O–H groups in total. The lowest BCUT2D eigenvalue weighted by Crippen LogP contribution is -2.43. The molecule has 2 aromatic carbocycles. The number of hydrogen-bond donors (Lipinski definition) is 4. The van der Waals surface area contributed by atoms with Crippen LogP contribution in [0.3, 0.4) is 0 Å². The quantitative estimate of drug-likeness (QED) is 0.462. The maximum atomic E-state index is 12.1. The van der Waals surface area contributed by atoms with Gasteiger partial charge < -0.3 is 25.7 Å². The van der Waals surface area contributed by atoms with E-state index in [1.807, 2.05) is 0 Å². The van der Waals surface area contributed by atoms with Crippen LogP contribution in [0.4, 0.5) is 17.1 Å². The van der Waals surface area contributed by atoms with Gasteiger partial charge in [0.1, 0.15) is 11.4 Å². The number of anilines is 3. The zero-order valence-electron chi connectivity index (χ0n) is 15.3. The van der Waals surface area contributed by atoms with Crippen LogP contribution in [-0.2, 0) is 0 Å². The van der Waals surface area contributed by atoms with Crippen LogP contribution < -0.4 is 21.5 Å². The standard InChI is InChI=1S/C19H23N3O5.2H2/c1-22(2)19(27)10-6-5-8-12(16(10)24)21-15-14(17(25)18(15)26)20-11-7-3-4-9-13(11)23;;/h5-6,8,11,13,20-21,23-24H,3-4,7,9H2,1-2H3;2*1H/t11-,13+;;/m0../s1. The van der Waals surface area contributed by atoms with Crippen molar-refractivity contribution in [2.24, 2.45) is 0 Å². The van der Waals surface area contributed by atoms with Gasteiger partial charge in [0, 0.05) is 16.9 Å². The maximum absolute atomic E-state index is 12.1. The van der Waals surface area contributed by atoms with Crippen molar-refractivity contribution in [1.82, 2.24) is 4.90 Å². The molecule has 1 saturated carbocycles. The Balaban J connectivity index is 0.00000210. The van der Waals surface area contributed by atoms with Crippen molar-refractivity contribution >= 4 is 23.0 Å². The fourth-order valence-corrected chi connectivity index (χ4v) is 3.31. The highest BCUT2D eigenvalue weighted by Crippen LogP contribution is 2.32. The van der Waals surface area contributed by atoms with E-state index in [-0.39, 0.29) is 43.2 Å². The van der Waals surface area contributed by atoms with E-state index in [0.29, 0.717) is 12.8 Å². The first-order valence-electron chi connectivity index (χ1n) is 8.89. The predicted octanol–water partition coefficient (Wildman–Crippen LogP) is 1.64. The minimum absolute atomic E-state index is 0. The number of hydrogen-bond acceptors (Lipinski definition) is 7. The molecule has 0 spiro atoms. The maximum Gasteiger partial charge on any atom is 0.257 e. The average molecular weight is 377 g/mol. The van der Waals surface area contributed by atoms with Gasteiger partial charge in [-0.1, -0.05) is 18.9 Å². The van der Waals surface area contributed by atoms with E-state index in [2.05, 4.69) is 10.6 Å². The SMILES string of the molecule is CN(C)C(=O)c1cccc(Nc2c(N[C@H]3CCCC[C@H]3O)c(=O)c2=O)c1O.[HH].[HH]. The molecule has 0 unspecified atom stereocenters. The van der Waals surface area contributed by atoms with Crippen molar-refractivity contribution in [3.05, 3.63) is 44.2 Å². The van der Waals surface area contributed by atoms with E-state index in [9.17, 15) is 24.6 Å². The third-order valence-corrected chi connectivity index (χ3v) is 4.90. The molecule has 2 aromatic rings. The van der Waals surface area contributed by atoms with E-state index in [1.54, 1.807) is 20.2 Å². The molecule has 0 radical (unpaired) electrons. The molecule has 148 valence electrons. The summed E-state index contributed by atoms with van der Waals surface area (Å²) < 4.78 is 0. The van der Waals surface area contributed by atoms with Gasteiger partial charge in [-0.3, -0.25) is 14.4 Å². The fraction of sp³-hybridized carbons (Fsp3) is 0.421. The van der Waals surface area contributed by atoms with Gasteiger partial charge in [-0.2, -0.15) is 0 Å². The van der Waals surface area contributed by atoms with E-state index in [1.165, 1.54) is 17.0 Å². The lowest BCUT2D eigenvalue weighted by Gasteiger charge is -2.30. The first-order valence-corrected chi connectivity index (χ1v) is 8.89. The number of carbonyl (C=O) groups is 1. The molecular weight excluding hydrogens is 350 g/mol. The van der Waals surface area contributed by atoms with Crippen LogP contribution in [0.15, 0.2) is 27.8 Å². The Bertz CT molecular complexity index is 941. The Labute approximate surface area is 159 Å². The second-order valence-electron chi connectivity index (χ2n) is 7.04. The number of benzene rings is 1. The highest BCUT2D eigenvalue weighted by atomic mass is 16.3. The zero-order chi connectivity index (χ0) is 19.7. The summed E-state index contributed by atoms with van der Waals surface area (Å²) in [5, 5.41) is 26.2. The second kappa shape index (κ2) is 7.40. The van der Waals surface area contributed by atoms with Crippen LogP contribution in [0.1, 0.15) is 38.9 Å². The lowest BCUT2D eigenvalue weighted by molar-refractivity contribution is 0.0824. The molecule has 1 fully saturated rings. The third-order valence-electron chi connectivity index (χ3n) is 4.90. The number of nitrogens with one attached hydrogen (secondary N) is 2. The number of aliphatic hydroxyl groups excluding tert-OH is 1. The molecule has 3 rings (SSSR count). The van der Waals surface area contributed by atoms with Crippen LogP contribution in [0.5, 0.6) is 5.75 Å². The second-order valence-corrected chi connectivity index (χ2v) is 7.04. The van der Waals surface area contributed by atoms with Gasteiger partial charge in [0.15, 0.2) is 5.75 Å². The number of rotatable bonds is 5. The zero-order valence-corrected chi connectivity index (χ0v) is 15.3. The van der Waals surface area contributed by atoms with E-state index in [4.69, 9.17) is 0 Å². The topological polar surface area (TPSA) is 119 Å². The van der Waals surface area contributed by atoms with Crippen molar-refractivity contribution in [3.63, 3.8) is 0 Å². The molecule has 0 aromatic heterocycles. The van der Waals surface area contributed by atoms with Crippen LogP contribution in [0.2, 0.25) is 0 Å². The van der Waals surface area contributed by atoms with Gasteiger partial charge in [-0.25, -0.2) is 0 Å². The first kappa shape index (κ1) is 18.9.